The van der Waals surface area contributed by atoms with Crippen molar-refractivity contribution in [1.29, 1.82) is 0 Å². The Morgan fingerprint density at radius 3 is 1.71 bits per heavy atom. The summed E-state index contributed by atoms with van der Waals surface area (Å²) < 4.78 is 0. The number of benzene rings is 2. The SMILES string of the molecule is Nc1cccc(C(P[O-])c2cccc(N)c2)c1. The van der Waals surface area contributed by atoms with Crippen molar-refractivity contribution in [3.8, 4) is 0 Å². The Labute approximate surface area is 102 Å². The normalized spacial score (nSPS) is 11.4. The Balaban J connectivity index is 2.40. The van der Waals surface area contributed by atoms with Crippen LogP contribution in [0.25, 0.3) is 0 Å². The molecule has 2 aromatic carbocycles. The van der Waals surface area contributed by atoms with E-state index in [9.17, 15) is 4.89 Å². The van der Waals surface area contributed by atoms with Crippen LogP contribution in [0.5, 0.6) is 0 Å². The van der Waals surface area contributed by atoms with Crippen molar-refractivity contribution in [3.63, 3.8) is 0 Å². The van der Waals surface area contributed by atoms with E-state index in [1.165, 1.54) is 0 Å². The molecule has 0 aliphatic rings. The standard InChI is InChI=1S/C13H14N2OP/c14-11-5-1-3-9(7-11)13(17-16)10-4-2-6-12(15)8-10/h1-8,13,17H,14-15H2/q-1. The average molecular weight is 245 g/mol. The van der Waals surface area contributed by atoms with Crippen molar-refractivity contribution in [2.24, 2.45) is 0 Å². The van der Waals surface area contributed by atoms with E-state index in [0.29, 0.717) is 11.4 Å². The van der Waals surface area contributed by atoms with Crippen LogP contribution in [0, 0.1) is 0 Å². The zero-order valence-electron chi connectivity index (χ0n) is 9.26. The largest absolute Gasteiger partial charge is 0.831 e. The fourth-order valence-corrected chi connectivity index (χ4v) is 2.44. The van der Waals surface area contributed by atoms with Crippen LogP contribution in [0.2, 0.25) is 0 Å². The first-order valence-electron chi connectivity index (χ1n) is 5.29. The van der Waals surface area contributed by atoms with Gasteiger partial charge in [-0.15, -0.1) is 0 Å². The lowest BCUT2D eigenvalue weighted by molar-refractivity contribution is -0.151. The molecule has 0 saturated heterocycles. The molecule has 0 bridgehead atoms. The minimum Gasteiger partial charge on any atom is -0.831 e. The predicted molar refractivity (Wildman–Crippen MR) is 71.9 cm³/mol. The third kappa shape index (κ3) is 2.76. The molecule has 2 rings (SSSR count). The Morgan fingerprint density at radius 2 is 1.35 bits per heavy atom. The number of hydrogen-bond acceptors (Lipinski definition) is 3. The first-order chi connectivity index (χ1) is 8.20. The van der Waals surface area contributed by atoms with E-state index < -0.39 is 8.81 Å². The van der Waals surface area contributed by atoms with E-state index in [1.54, 1.807) is 0 Å². The van der Waals surface area contributed by atoms with Crippen LogP contribution < -0.4 is 16.4 Å². The summed E-state index contributed by atoms with van der Waals surface area (Å²) in [6.07, 6.45) is 0. The van der Waals surface area contributed by atoms with Gasteiger partial charge in [0.15, 0.2) is 0 Å². The molecule has 17 heavy (non-hydrogen) atoms. The lowest BCUT2D eigenvalue weighted by Crippen LogP contribution is -2.01. The van der Waals surface area contributed by atoms with Crippen molar-refractivity contribution in [3.05, 3.63) is 59.7 Å². The summed E-state index contributed by atoms with van der Waals surface area (Å²) in [7, 11) is -0.465. The summed E-state index contributed by atoms with van der Waals surface area (Å²) >= 11 is 0. The molecule has 0 spiro atoms. The predicted octanol–water partition coefficient (Wildman–Crippen LogP) is 1.89. The average Bonchev–Trinajstić information content (AvgIpc) is 2.30. The molecule has 2 aromatic rings. The van der Waals surface area contributed by atoms with Gasteiger partial charge in [-0.25, -0.2) is 8.81 Å². The van der Waals surface area contributed by atoms with Crippen LogP contribution in [0.4, 0.5) is 11.4 Å². The molecule has 0 aliphatic carbocycles. The maximum Gasteiger partial charge on any atom is 0.0317 e. The molecule has 1 unspecified atom stereocenters. The molecular weight excluding hydrogens is 231 g/mol. The fraction of sp³-hybridized carbons (Fsp3) is 0.0769. The Kier molecular flexibility index (Phi) is 3.62. The van der Waals surface area contributed by atoms with Crippen LogP contribution >= 0.6 is 8.81 Å². The summed E-state index contributed by atoms with van der Waals surface area (Å²) in [5.74, 6) is 0. The molecule has 4 heteroatoms. The first kappa shape index (κ1) is 11.9. The van der Waals surface area contributed by atoms with Crippen molar-refractivity contribution >= 4 is 20.2 Å². The molecule has 0 aromatic heterocycles. The van der Waals surface area contributed by atoms with Crippen molar-refractivity contribution in [2.75, 3.05) is 11.5 Å². The maximum absolute atomic E-state index is 11.4. The molecule has 0 radical (unpaired) electrons. The maximum atomic E-state index is 11.4. The zero-order chi connectivity index (χ0) is 12.3. The van der Waals surface area contributed by atoms with E-state index in [2.05, 4.69) is 0 Å². The van der Waals surface area contributed by atoms with Gasteiger partial charge in [0.05, 0.1) is 0 Å². The van der Waals surface area contributed by atoms with E-state index in [1.807, 2.05) is 48.5 Å². The van der Waals surface area contributed by atoms with Crippen LogP contribution in [0.3, 0.4) is 0 Å². The molecule has 88 valence electrons. The quantitative estimate of drug-likeness (QED) is 0.640. The summed E-state index contributed by atoms with van der Waals surface area (Å²) in [6.45, 7) is 0. The Morgan fingerprint density at radius 1 is 0.882 bits per heavy atom. The van der Waals surface area contributed by atoms with Crippen molar-refractivity contribution < 1.29 is 4.89 Å². The van der Waals surface area contributed by atoms with E-state index in [0.717, 1.165) is 11.1 Å². The third-order valence-electron chi connectivity index (χ3n) is 2.61. The highest BCUT2D eigenvalue weighted by Gasteiger charge is 2.09. The lowest BCUT2D eigenvalue weighted by Gasteiger charge is -2.22. The Bertz CT molecular complexity index is 471. The monoisotopic (exact) mass is 245 g/mol. The molecule has 0 aliphatic heterocycles. The van der Waals surface area contributed by atoms with Gasteiger partial charge in [0.25, 0.3) is 0 Å². The smallest absolute Gasteiger partial charge is 0.0317 e. The summed E-state index contributed by atoms with van der Waals surface area (Å²) in [5.41, 5.74) is 14.6. The van der Waals surface area contributed by atoms with Crippen LogP contribution in [0.1, 0.15) is 16.8 Å². The fourth-order valence-electron chi connectivity index (χ4n) is 1.81. The molecule has 0 saturated carbocycles. The zero-order valence-corrected chi connectivity index (χ0v) is 10.3. The highest BCUT2D eigenvalue weighted by molar-refractivity contribution is 7.30. The van der Waals surface area contributed by atoms with Gasteiger partial charge in [-0.1, -0.05) is 24.3 Å². The van der Waals surface area contributed by atoms with E-state index in [-0.39, 0.29) is 5.66 Å². The molecule has 1 atom stereocenters. The van der Waals surface area contributed by atoms with Crippen LogP contribution in [-0.2, 0) is 0 Å². The summed E-state index contributed by atoms with van der Waals surface area (Å²) in [5, 5.41) is 0. The number of nitrogen functional groups attached to an aromatic ring is 2. The summed E-state index contributed by atoms with van der Waals surface area (Å²) in [6, 6.07) is 14.9. The van der Waals surface area contributed by atoms with Gasteiger partial charge in [0.2, 0.25) is 0 Å². The highest BCUT2D eigenvalue weighted by Crippen LogP contribution is 2.36. The lowest BCUT2D eigenvalue weighted by atomic mass is 10.0. The second-order valence-electron chi connectivity index (χ2n) is 3.89. The topological polar surface area (TPSA) is 75.1 Å². The van der Waals surface area contributed by atoms with Crippen LogP contribution in [-0.4, -0.2) is 0 Å². The van der Waals surface area contributed by atoms with Gasteiger partial charge in [-0.2, -0.15) is 0 Å². The molecular formula is C13H14N2OP-. The minimum atomic E-state index is -0.465. The highest BCUT2D eigenvalue weighted by atomic mass is 31.1. The summed E-state index contributed by atoms with van der Waals surface area (Å²) in [4.78, 5) is 11.4. The molecule has 0 amide bonds. The number of hydrogen-bond donors (Lipinski definition) is 2. The van der Waals surface area contributed by atoms with Crippen molar-refractivity contribution in [2.45, 2.75) is 5.66 Å². The van der Waals surface area contributed by atoms with Crippen LogP contribution in [0.15, 0.2) is 48.5 Å². The first-order valence-corrected chi connectivity index (χ1v) is 6.28. The second kappa shape index (κ2) is 5.17. The molecule has 0 fully saturated rings. The third-order valence-corrected chi connectivity index (χ3v) is 3.51. The van der Waals surface area contributed by atoms with Gasteiger partial charge in [0.1, 0.15) is 0 Å². The van der Waals surface area contributed by atoms with E-state index >= 15 is 0 Å². The van der Waals surface area contributed by atoms with E-state index in [4.69, 9.17) is 11.5 Å². The van der Waals surface area contributed by atoms with Gasteiger partial charge in [-0.3, -0.25) is 0 Å². The van der Waals surface area contributed by atoms with Gasteiger partial charge < -0.3 is 16.4 Å². The molecule has 0 heterocycles. The van der Waals surface area contributed by atoms with Crippen molar-refractivity contribution in [1.82, 2.24) is 0 Å². The Hall–Kier alpha value is -1.57. The molecule has 3 nitrogen and oxygen atoms in total. The van der Waals surface area contributed by atoms with Gasteiger partial charge >= 0.3 is 0 Å². The molecule has 4 N–H and O–H groups in total. The minimum absolute atomic E-state index is 0.165. The number of rotatable bonds is 3. The second-order valence-corrected chi connectivity index (χ2v) is 4.70. The van der Waals surface area contributed by atoms with Gasteiger partial charge in [-0.05, 0) is 35.4 Å². The number of nitrogens with two attached hydrogens (primary N) is 2. The number of anilines is 2. The van der Waals surface area contributed by atoms with Gasteiger partial charge in [0, 0.05) is 17.0 Å².